The van der Waals surface area contributed by atoms with Crippen molar-refractivity contribution in [2.75, 3.05) is 45.0 Å². The molecule has 2 amide bonds. The Bertz CT molecular complexity index is 5330. The number of rotatable bonds is 26. The molecule has 0 aliphatic carbocycles. The number of aliphatic hydroxyl groups is 3. The Kier molecular flexibility index (Phi) is 59.7. The molecule has 23 nitrogen and oxygen atoms in total. The number of nitrogens with two attached hydrogens (primary N) is 1. The van der Waals surface area contributed by atoms with Crippen LogP contribution in [0.15, 0.2) is 217 Å². The highest BCUT2D eigenvalue weighted by Gasteiger charge is 2.41. The Hall–Kier alpha value is -4.84. The Labute approximate surface area is 924 Å². The number of amides is 2. The molecule has 0 bridgehead atoms. The summed E-state index contributed by atoms with van der Waals surface area (Å²) in [5.41, 5.74) is 12.1. The van der Waals surface area contributed by atoms with Crippen molar-refractivity contribution < 1.29 is 74.7 Å². The van der Waals surface area contributed by atoms with Crippen LogP contribution in [-0.2, 0) is 55.7 Å². The van der Waals surface area contributed by atoms with Crippen molar-refractivity contribution >= 4 is 227 Å². The van der Waals surface area contributed by atoms with Crippen LogP contribution in [0.5, 0.6) is 0 Å². The number of hydrogen-bond donors (Lipinski definition) is 7. The molecule has 0 radical (unpaired) electrons. The van der Waals surface area contributed by atoms with Gasteiger partial charge in [-0.3, -0.25) is 24.5 Å². The molecule has 0 aliphatic heterocycles. The van der Waals surface area contributed by atoms with Gasteiger partial charge in [-0.1, -0.05) is 271 Å². The molecule has 790 valence electrons. The molecule has 2 heterocycles. The van der Waals surface area contributed by atoms with E-state index in [1.165, 1.54) is 0 Å². The third-order valence-electron chi connectivity index (χ3n) is 21.4. The van der Waals surface area contributed by atoms with Crippen molar-refractivity contribution in [1.29, 1.82) is 0 Å². The van der Waals surface area contributed by atoms with Gasteiger partial charge < -0.3 is 48.7 Å². The van der Waals surface area contributed by atoms with E-state index in [9.17, 15) is 46.8 Å². The van der Waals surface area contributed by atoms with Crippen LogP contribution < -0.4 is 20.5 Å². The number of alkyl carbamates (subject to hydrolysis) is 2. The minimum atomic E-state index is -1.90. The summed E-state index contributed by atoms with van der Waals surface area (Å²) in [6.45, 7) is 65.3. The summed E-state index contributed by atoms with van der Waals surface area (Å²) in [4.78, 5) is 66.7. The predicted octanol–water partition coefficient (Wildman–Crippen LogP) is 29.1. The van der Waals surface area contributed by atoms with Crippen molar-refractivity contribution in [3.63, 3.8) is 0 Å². The van der Waals surface area contributed by atoms with E-state index < -0.39 is 105 Å². The van der Waals surface area contributed by atoms with Crippen LogP contribution in [0.4, 0.5) is 9.59 Å². The van der Waals surface area contributed by atoms with Gasteiger partial charge in [0.1, 0.15) is 28.8 Å². The number of benzene rings is 7. The van der Waals surface area contributed by atoms with Crippen LogP contribution >= 0.6 is 134 Å². The number of thiazole rings is 2. The van der Waals surface area contributed by atoms with Crippen molar-refractivity contribution in [3.05, 3.63) is 263 Å². The molecule has 0 aliphatic rings. The largest absolute Gasteiger partial charge is 0.444 e. The predicted molar refractivity (Wildman–Crippen MR) is 626 cm³/mol. The lowest BCUT2D eigenvalue weighted by atomic mass is 10.0. The molecule has 0 unspecified atom stereocenters. The van der Waals surface area contributed by atoms with Gasteiger partial charge in [-0.15, -0.1) is 22.7 Å². The number of nitrogens with one attached hydrogen (secondary N) is 3. The molecule has 9 aromatic rings. The zero-order valence-electron chi connectivity index (χ0n) is 88.3. The number of Topliss-reactive ketones (excluding diaryl/α,β-unsaturated/α-hetero) is 3. The van der Waals surface area contributed by atoms with Gasteiger partial charge in [0.25, 0.3) is 0 Å². The van der Waals surface area contributed by atoms with Crippen molar-refractivity contribution in [1.82, 2.24) is 25.3 Å². The van der Waals surface area contributed by atoms with Gasteiger partial charge >= 0.3 is 12.2 Å². The number of aliphatic hydroxyl groups excluding tert-OH is 3. The smallest absolute Gasteiger partial charge is 0.408 e. The molecule has 7 aromatic carbocycles. The first-order valence-electron chi connectivity index (χ1n) is 45.7. The lowest BCUT2D eigenvalue weighted by Gasteiger charge is -2.37. The van der Waals surface area contributed by atoms with Crippen LogP contribution in [0.2, 0.25) is 54.4 Å². The molecule has 0 fully saturated rings. The van der Waals surface area contributed by atoms with Crippen molar-refractivity contribution in [3.8, 4) is 10.4 Å². The Morgan fingerprint density at radius 2 is 0.754 bits per heavy atom. The molecule has 38 heteroatoms. The van der Waals surface area contributed by atoms with Crippen LogP contribution in [0.1, 0.15) is 249 Å². The molecule has 9 rings (SSSR count). The zero-order chi connectivity index (χ0) is 109. The second-order valence-electron chi connectivity index (χ2n) is 42.0. The molecule has 8 N–H and O–H groups in total. The van der Waals surface area contributed by atoms with Crippen LogP contribution in [0.3, 0.4) is 0 Å². The lowest BCUT2D eigenvalue weighted by molar-refractivity contribution is 0.0471. The maximum Gasteiger partial charge on any atom is 0.408 e. The Morgan fingerprint density at radius 1 is 0.430 bits per heavy atom. The highest BCUT2D eigenvalue weighted by Crippen LogP contribution is 2.40. The topological polar surface area (TPSA) is 344 Å². The van der Waals surface area contributed by atoms with E-state index in [-0.39, 0.29) is 67.8 Å². The number of carbonyl (C=O) groups is 5. The zero-order valence-corrected chi connectivity index (χ0v) is 107. The summed E-state index contributed by atoms with van der Waals surface area (Å²) in [6, 6.07) is 51.7. The van der Waals surface area contributed by atoms with Gasteiger partial charge in [0.05, 0.1) is 120 Å². The number of aromatic nitrogens is 2. The fourth-order valence-electron chi connectivity index (χ4n) is 9.62. The van der Waals surface area contributed by atoms with Crippen molar-refractivity contribution in [2.45, 2.75) is 278 Å². The fourth-order valence-corrected chi connectivity index (χ4v) is 17.2. The standard InChI is InChI=1S/C18H32BrNO2SSi.C18H30BrNO2SSi.C17H22N2O3S.C14H21BrO2Si.C13H18BrNO3.C8H6Br2O.C8H7BrO2.C4H11NOS.C4H5NS/c2*1-17(2,3)23(21)20-16(14-9-11-15(19)12-10-14)13-22-24(7,8)18(4,5)6;1-11-15(23-10-18-11)13-7-5-12(6-8-13)14(9-20)19-16(21)22-17(2,3)4;1-14(2,3)18(4,5)17-10-13(16)11-6-8-12(15)9-7-11;1-13(2,3)18-12(17)15-11(8-16)9-4-6-10(14)7-5-9;9-5-8(11)6-1-3-7(10)4-2-6;9-7-3-1-6(2-4-7)8(11)5-10;1-4(2,3)7(5)6;1-4-2-6-3-5-4/h9-12,16,20H,13H2,1-8H3;9-12H,13H2,1-8H3;5-8,10,14,20H,9H2,1-4H3,(H,19,21);6-9H,10H2,1-5H3;4-7,11,16H,8H2,1-3H3,(H,15,17);1-4H,5H2;1-4,10H,5H2;5H2,1-3H3;2-3H,1H3/t16-,23-;23-;14-;;11-;;;7-;/m000.0..0./s1. The van der Waals surface area contributed by atoms with Crippen molar-refractivity contribution in [2.24, 2.45) is 9.54 Å². The maximum atomic E-state index is 12.6. The van der Waals surface area contributed by atoms with Gasteiger partial charge in [0, 0.05) is 54.6 Å². The molecule has 0 saturated carbocycles. The van der Waals surface area contributed by atoms with Gasteiger partial charge in [-0.2, -0.15) is 4.40 Å². The van der Waals surface area contributed by atoms with Gasteiger partial charge in [-0.05, 0) is 273 Å². The summed E-state index contributed by atoms with van der Waals surface area (Å²) < 4.78 is 77.1. The maximum absolute atomic E-state index is 12.6. The van der Waals surface area contributed by atoms with Gasteiger partial charge in [0.15, 0.2) is 42.3 Å². The highest BCUT2D eigenvalue weighted by molar-refractivity contribution is 9.11. The Morgan fingerprint density at radius 3 is 1.04 bits per heavy atom. The SMILES string of the molecule is CC(C)(C)OC(=O)N[C@@H](CO)c1ccc(Br)cc1.CC(C)(C)[S@@](N)=O.CC(C)(C)[S@](=O)N=C(CO[Si](C)(C)C(C)(C)C)c1ccc(Br)cc1.CC(C)(C)[S@](=O)N[C@@H](CO[Si](C)(C)C(C)(C)C)c1ccc(Br)cc1.CC(C)(C)[Si](C)(C)OCC(=O)c1ccc(Br)cc1.Cc1cscn1.Cc1ncsc1-c1ccc([C@H](CO)NC(=O)OC(C)(C)C)cc1.O=C(CBr)c1ccc(Br)cc1.O=C(CO)c1ccc(Br)cc1. The first kappa shape index (κ1) is 135. The molecule has 2 aromatic heterocycles. The number of halogens is 7. The number of carbonyl (C=O) groups excluding carboxylic acids is 5. The monoisotopic (exact) mass is 2550 g/mol. The number of aryl methyl sites for hydroxylation is 2. The minimum Gasteiger partial charge on any atom is -0.444 e. The first-order chi connectivity index (χ1) is 65.0. The average Bonchev–Trinajstić information content (AvgIpc) is 1.44. The van der Waals surface area contributed by atoms with Gasteiger partial charge in [-0.25, -0.2) is 31.9 Å². The quantitative estimate of drug-likeness (QED) is 0.0115. The molecule has 0 spiro atoms. The second-order valence-corrected chi connectivity index (χ2v) is 69.8. The number of nitrogens with zero attached hydrogens (tertiary/aromatic N) is 3. The highest BCUT2D eigenvalue weighted by atomic mass is 79.9. The molecular formula is C104H152Br7N7O16S5Si3. The Balaban J connectivity index is 0.000000820. The number of hydrogen-bond acceptors (Lipinski definition) is 20. The van der Waals surface area contributed by atoms with E-state index in [0.717, 1.165) is 82.2 Å². The van der Waals surface area contributed by atoms with E-state index in [0.29, 0.717) is 29.7 Å². The van der Waals surface area contributed by atoms with Crippen LogP contribution in [0.25, 0.3) is 10.4 Å². The van der Waals surface area contributed by atoms with Crippen LogP contribution in [-0.4, -0.2) is 169 Å². The number of ether oxygens (including phenoxy) is 2. The first-order valence-corrected chi connectivity index (χ1v) is 65.6. The summed E-state index contributed by atoms with van der Waals surface area (Å²) >= 11 is 26.5. The summed E-state index contributed by atoms with van der Waals surface area (Å²) in [7, 11) is -9.24. The lowest BCUT2D eigenvalue weighted by Crippen LogP contribution is -2.44. The van der Waals surface area contributed by atoms with E-state index in [1.807, 2.05) is 214 Å². The summed E-state index contributed by atoms with van der Waals surface area (Å²) in [6.07, 6.45) is -1.08. The fraction of sp³-hybridized carbons (Fsp3) is 0.481. The number of alkyl halides is 1. The average molecular weight is 2560 g/mol. The molecule has 6 atom stereocenters. The van der Waals surface area contributed by atoms with Crippen LogP contribution in [0, 0.1) is 13.8 Å². The minimum absolute atomic E-state index is 0.0484. The van der Waals surface area contributed by atoms with E-state index in [2.05, 4.69) is 255 Å². The normalized spacial score (nSPS) is 13.3. The molecule has 0 saturated heterocycles. The van der Waals surface area contributed by atoms with E-state index >= 15 is 0 Å². The van der Waals surface area contributed by atoms with E-state index in [4.69, 9.17) is 33.0 Å². The van der Waals surface area contributed by atoms with E-state index in [1.54, 1.807) is 101 Å². The third-order valence-corrected chi connectivity index (χ3v) is 44.5. The number of ketones is 3. The third kappa shape index (κ3) is 54.6. The second kappa shape index (κ2) is 62.7. The molecular weight excluding hydrogens is 2410 g/mol. The summed E-state index contributed by atoms with van der Waals surface area (Å²) in [5.74, 6) is -0.0951. The summed E-state index contributed by atoms with van der Waals surface area (Å²) in [5, 5.41) is 40.5. The molecule has 142 heavy (non-hydrogen) atoms. The van der Waals surface area contributed by atoms with Gasteiger partial charge in [0.2, 0.25) is 0 Å².